The first-order valence-corrected chi connectivity index (χ1v) is 4.93. The highest BCUT2D eigenvalue weighted by atomic mass is 16.6. The van der Waals surface area contributed by atoms with E-state index in [1.54, 1.807) is 0 Å². The third-order valence-corrected chi connectivity index (χ3v) is 2.66. The second-order valence-corrected chi connectivity index (χ2v) is 3.56. The van der Waals surface area contributed by atoms with E-state index in [0.717, 1.165) is 19.3 Å². The molecule has 1 heterocycles. The fourth-order valence-electron chi connectivity index (χ4n) is 1.91. The van der Waals surface area contributed by atoms with Crippen LogP contribution in [0.2, 0.25) is 0 Å². The molecule has 13 heavy (non-hydrogen) atoms. The van der Waals surface area contributed by atoms with Crippen LogP contribution in [0.4, 0.5) is 0 Å². The zero-order valence-electron chi connectivity index (χ0n) is 8.21. The predicted molar refractivity (Wildman–Crippen MR) is 47.9 cm³/mol. The van der Waals surface area contributed by atoms with Crippen LogP contribution in [0.1, 0.15) is 39.5 Å². The minimum absolute atomic E-state index is 0.169. The van der Waals surface area contributed by atoms with Crippen molar-refractivity contribution in [2.75, 3.05) is 0 Å². The maximum Gasteiger partial charge on any atom is 0.317 e. The van der Waals surface area contributed by atoms with Gasteiger partial charge >= 0.3 is 11.9 Å². The Bertz CT molecular complexity index is 210. The Kier molecular flexibility index (Phi) is 3.46. The molecule has 2 unspecified atom stereocenters. The summed E-state index contributed by atoms with van der Waals surface area (Å²) in [6.07, 6.45) is 3.29. The topological polar surface area (TPSA) is 43.4 Å². The van der Waals surface area contributed by atoms with Gasteiger partial charge in [-0.2, -0.15) is 0 Å². The van der Waals surface area contributed by atoms with Gasteiger partial charge in [0.1, 0.15) is 0 Å². The van der Waals surface area contributed by atoms with Crippen molar-refractivity contribution in [1.29, 1.82) is 0 Å². The number of carbonyl (C=O) groups is 2. The minimum atomic E-state index is -0.357. The van der Waals surface area contributed by atoms with Crippen LogP contribution in [0.3, 0.4) is 0 Å². The number of carbonyl (C=O) groups excluding carboxylic acids is 2. The zero-order valence-corrected chi connectivity index (χ0v) is 8.21. The summed E-state index contributed by atoms with van der Waals surface area (Å²) in [5.41, 5.74) is 0. The summed E-state index contributed by atoms with van der Waals surface area (Å²) in [6, 6.07) is 0. The van der Waals surface area contributed by atoms with E-state index < -0.39 is 0 Å². The van der Waals surface area contributed by atoms with Crippen molar-refractivity contribution in [2.24, 2.45) is 11.8 Å². The second kappa shape index (κ2) is 4.40. The molecule has 0 aromatic rings. The SMILES string of the molecule is CCCC(CC)C1CC(=O)OC1=O. The summed E-state index contributed by atoms with van der Waals surface area (Å²) in [5, 5.41) is 0. The van der Waals surface area contributed by atoms with Crippen LogP contribution in [-0.4, -0.2) is 11.9 Å². The smallest absolute Gasteiger partial charge is 0.317 e. The third kappa shape index (κ3) is 2.29. The normalized spacial score (nSPS) is 24.6. The van der Waals surface area contributed by atoms with Crippen molar-refractivity contribution >= 4 is 11.9 Å². The summed E-state index contributed by atoms with van der Waals surface area (Å²) in [7, 11) is 0. The van der Waals surface area contributed by atoms with E-state index in [1.165, 1.54) is 0 Å². The lowest BCUT2D eigenvalue weighted by Crippen LogP contribution is -2.18. The highest BCUT2D eigenvalue weighted by molar-refractivity contribution is 5.94. The van der Waals surface area contributed by atoms with E-state index in [0.29, 0.717) is 5.92 Å². The number of rotatable bonds is 4. The van der Waals surface area contributed by atoms with Crippen LogP contribution in [0.5, 0.6) is 0 Å². The molecule has 74 valence electrons. The van der Waals surface area contributed by atoms with Crippen molar-refractivity contribution in [3.05, 3.63) is 0 Å². The lowest BCUT2D eigenvalue weighted by molar-refractivity contribution is -0.153. The number of cyclic esters (lactones) is 2. The monoisotopic (exact) mass is 184 g/mol. The molecule has 1 fully saturated rings. The molecule has 3 heteroatoms. The van der Waals surface area contributed by atoms with Crippen LogP contribution in [-0.2, 0) is 14.3 Å². The van der Waals surface area contributed by atoms with Gasteiger partial charge in [-0.3, -0.25) is 9.59 Å². The Morgan fingerprint density at radius 2 is 2.15 bits per heavy atom. The van der Waals surface area contributed by atoms with E-state index in [4.69, 9.17) is 0 Å². The molecule has 1 rings (SSSR count). The number of esters is 2. The van der Waals surface area contributed by atoms with E-state index >= 15 is 0 Å². The average molecular weight is 184 g/mol. The van der Waals surface area contributed by atoms with Crippen molar-refractivity contribution in [1.82, 2.24) is 0 Å². The Labute approximate surface area is 78.5 Å². The highest BCUT2D eigenvalue weighted by Gasteiger charge is 2.37. The van der Waals surface area contributed by atoms with Crippen molar-refractivity contribution in [3.63, 3.8) is 0 Å². The Morgan fingerprint density at radius 3 is 2.54 bits per heavy atom. The number of hydrogen-bond acceptors (Lipinski definition) is 3. The zero-order chi connectivity index (χ0) is 9.84. The lowest BCUT2D eigenvalue weighted by Gasteiger charge is -2.16. The lowest BCUT2D eigenvalue weighted by atomic mass is 9.85. The van der Waals surface area contributed by atoms with Crippen LogP contribution < -0.4 is 0 Å². The Morgan fingerprint density at radius 1 is 1.46 bits per heavy atom. The van der Waals surface area contributed by atoms with Gasteiger partial charge in [0, 0.05) is 0 Å². The van der Waals surface area contributed by atoms with E-state index in [2.05, 4.69) is 18.6 Å². The van der Waals surface area contributed by atoms with Crippen LogP contribution in [0, 0.1) is 11.8 Å². The molecule has 0 N–H and O–H groups in total. The molecule has 2 atom stereocenters. The number of ether oxygens (including phenoxy) is 1. The molecule has 0 aromatic heterocycles. The number of hydrogen-bond donors (Lipinski definition) is 0. The molecule has 0 spiro atoms. The summed E-state index contributed by atoms with van der Waals surface area (Å²) in [5.74, 6) is -0.517. The summed E-state index contributed by atoms with van der Waals surface area (Å²) < 4.78 is 4.53. The van der Waals surface area contributed by atoms with Gasteiger partial charge in [0.25, 0.3) is 0 Å². The van der Waals surface area contributed by atoms with Gasteiger partial charge in [0.05, 0.1) is 12.3 Å². The molecule has 0 bridgehead atoms. The highest BCUT2D eigenvalue weighted by Crippen LogP contribution is 2.29. The molecule has 1 aliphatic heterocycles. The summed E-state index contributed by atoms with van der Waals surface area (Å²) in [4.78, 5) is 22.1. The fourth-order valence-corrected chi connectivity index (χ4v) is 1.91. The standard InChI is InChI=1S/C10H16O3/c1-3-5-7(4-2)8-6-9(11)13-10(8)12/h7-8H,3-6H2,1-2H3. The predicted octanol–water partition coefficient (Wildman–Crippen LogP) is 1.90. The second-order valence-electron chi connectivity index (χ2n) is 3.56. The van der Waals surface area contributed by atoms with E-state index in [9.17, 15) is 9.59 Å². The largest absolute Gasteiger partial charge is 0.393 e. The molecule has 3 nitrogen and oxygen atoms in total. The van der Waals surface area contributed by atoms with Gasteiger partial charge in [-0.05, 0) is 12.3 Å². The van der Waals surface area contributed by atoms with E-state index in [1.807, 2.05) is 0 Å². The summed E-state index contributed by atoms with van der Waals surface area (Å²) in [6.45, 7) is 4.14. The van der Waals surface area contributed by atoms with Gasteiger partial charge in [-0.15, -0.1) is 0 Å². The van der Waals surface area contributed by atoms with Crippen molar-refractivity contribution in [2.45, 2.75) is 39.5 Å². The summed E-state index contributed by atoms with van der Waals surface area (Å²) >= 11 is 0. The Hall–Kier alpha value is -0.860. The first-order valence-electron chi connectivity index (χ1n) is 4.93. The Balaban J connectivity index is 2.58. The minimum Gasteiger partial charge on any atom is -0.393 e. The van der Waals surface area contributed by atoms with Crippen molar-refractivity contribution < 1.29 is 14.3 Å². The van der Waals surface area contributed by atoms with Gasteiger partial charge in [-0.25, -0.2) is 0 Å². The fraction of sp³-hybridized carbons (Fsp3) is 0.800. The quantitative estimate of drug-likeness (QED) is 0.495. The first-order chi connectivity index (χ1) is 6.19. The van der Waals surface area contributed by atoms with Gasteiger partial charge in [0.15, 0.2) is 0 Å². The third-order valence-electron chi connectivity index (χ3n) is 2.66. The van der Waals surface area contributed by atoms with Crippen LogP contribution in [0.25, 0.3) is 0 Å². The van der Waals surface area contributed by atoms with Gasteiger partial charge < -0.3 is 4.74 Å². The molecule has 0 aromatic carbocycles. The van der Waals surface area contributed by atoms with E-state index in [-0.39, 0.29) is 24.3 Å². The molecule has 0 radical (unpaired) electrons. The first kappa shape index (κ1) is 10.2. The van der Waals surface area contributed by atoms with Gasteiger partial charge in [0.2, 0.25) is 0 Å². The van der Waals surface area contributed by atoms with Crippen LogP contribution in [0.15, 0.2) is 0 Å². The van der Waals surface area contributed by atoms with Crippen molar-refractivity contribution in [3.8, 4) is 0 Å². The average Bonchev–Trinajstić information content (AvgIpc) is 2.41. The van der Waals surface area contributed by atoms with Gasteiger partial charge in [-0.1, -0.05) is 26.7 Å². The molecule has 0 saturated carbocycles. The maximum absolute atomic E-state index is 11.2. The maximum atomic E-state index is 11.2. The molecular weight excluding hydrogens is 168 g/mol. The molecule has 1 saturated heterocycles. The molecule has 0 amide bonds. The molecule has 0 aliphatic carbocycles. The molecular formula is C10H16O3. The molecule has 1 aliphatic rings. The van der Waals surface area contributed by atoms with Crippen LogP contribution >= 0.6 is 0 Å².